The van der Waals surface area contributed by atoms with Gasteiger partial charge in [-0.05, 0) is 37.5 Å². The van der Waals surface area contributed by atoms with Crippen molar-refractivity contribution in [2.45, 2.75) is 32.9 Å². The Morgan fingerprint density at radius 2 is 1.45 bits per heavy atom. The first-order valence-electron chi connectivity index (χ1n) is 11.2. The van der Waals surface area contributed by atoms with Gasteiger partial charge < -0.3 is 9.64 Å². The van der Waals surface area contributed by atoms with Crippen LogP contribution in [0.3, 0.4) is 0 Å². The maximum Gasteiger partial charge on any atom is 0.317 e. The van der Waals surface area contributed by atoms with E-state index in [1.807, 2.05) is 30.3 Å². The number of fused-ring (bicyclic) bond motifs is 1. The highest BCUT2D eigenvalue weighted by Crippen LogP contribution is 2.19. The number of nitrogens with zero attached hydrogens (tertiary/aromatic N) is 3. The molecule has 0 spiro atoms. The Morgan fingerprint density at radius 1 is 0.879 bits per heavy atom. The first-order chi connectivity index (χ1) is 16.0. The molecule has 1 amide bonds. The minimum absolute atomic E-state index is 0.209. The van der Waals surface area contributed by atoms with Gasteiger partial charge in [-0.3, -0.25) is 28.3 Å². The van der Waals surface area contributed by atoms with Crippen molar-refractivity contribution >= 4 is 22.9 Å². The van der Waals surface area contributed by atoms with Gasteiger partial charge in [0.1, 0.15) is 6.54 Å². The molecule has 3 aromatic rings. The molecule has 0 aliphatic carbocycles. The zero-order chi connectivity index (χ0) is 23.4. The summed E-state index contributed by atoms with van der Waals surface area (Å²) in [6, 6.07) is 16.6. The summed E-state index contributed by atoms with van der Waals surface area (Å²) in [6.45, 7) is 2.99. The van der Waals surface area contributed by atoms with Gasteiger partial charge in [0.15, 0.2) is 0 Å². The highest BCUT2D eigenvalue weighted by atomic mass is 16.5. The number of aromatic nitrogens is 2. The molecule has 1 aliphatic heterocycles. The molecule has 2 aromatic carbocycles. The highest BCUT2D eigenvalue weighted by Gasteiger charge is 2.28. The Bertz CT molecular complexity index is 1270. The van der Waals surface area contributed by atoms with E-state index >= 15 is 0 Å². The monoisotopic (exact) mass is 449 g/mol. The average molecular weight is 450 g/mol. The molecule has 0 saturated carbocycles. The van der Waals surface area contributed by atoms with Crippen molar-refractivity contribution in [2.24, 2.45) is 5.92 Å². The van der Waals surface area contributed by atoms with E-state index in [4.69, 9.17) is 4.74 Å². The number of benzene rings is 2. The molecule has 8 nitrogen and oxygen atoms in total. The Kier molecular flexibility index (Phi) is 6.72. The van der Waals surface area contributed by atoms with Crippen molar-refractivity contribution in [3.63, 3.8) is 0 Å². The summed E-state index contributed by atoms with van der Waals surface area (Å²) in [5, 5.41) is 0. The van der Waals surface area contributed by atoms with Crippen LogP contribution in [0.25, 0.3) is 11.0 Å². The number of piperidine rings is 1. The molecule has 1 aliphatic rings. The molecule has 2 heterocycles. The largest absolute Gasteiger partial charge is 0.466 e. The van der Waals surface area contributed by atoms with Crippen LogP contribution in [0.15, 0.2) is 64.2 Å². The van der Waals surface area contributed by atoms with Gasteiger partial charge >= 0.3 is 17.1 Å². The fourth-order valence-corrected chi connectivity index (χ4v) is 4.31. The van der Waals surface area contributed by atoms with Crippen LogP contribution in [0.5, 0.6) is 0 Å². The van der Waals surface area contributed by atoms with Crippen LogP contribution in [0, 0.1) is 5.92 Å². The molecule has 1 saturated heterocycles. The Balaban J connectivity index is 1.59. The van der Waals surface area contributed by atoms with Crippen LogP contribution in [0.2, 0.25) is 0 Å². The molecule has 0 radical (unpaired) electrons. The van der Waals surface area contributed by atoms with E-state index in [0.29, 0.717) is 43.6 Å². The third kappa shape index (κ3) is 4.74. The number of ether oxygens (including phenoxy) is 1. The smallest absolute Gasteiger partial charge is 0.317 e. The summed E-state index contributed by atoms with van der Waals surface area (Å²) in [7, 11) is 0. The minimum atomic E-state index is -0.723. The highest BCUT2D eigenvalue weighted by molar-refractivity contribution is 5.81. The van der Waals surface area contributed by atoms with Crippen LogP contribution in [-0.2, 0) is 27.4 Å². The number of carbonyl (C=O) groups is 2. The lowest BCUT2D eigenvalue weighted by Gasteiger charge is -2.31. The lowest BCUT2D eigenvalue weighted by atomic mass is 9.97. The van der Waals surface area contributed by atoms with E-state index < -0.39 is 11.1 Å². The number of amides is 1. The summed E-state index contributed by atoms with van der Waals surface area (Å²) in [6.07, 6.45) is 1.05. The molecule has 4 rings (SSSR count). The van der Waals surface area contributed by atoms with E-state index in [2.05, 4.69) is 0 Å². The summed E-state index contributed by atoms with van der Waals surface area (Å²) in [5.74, 6) is -0.682. The molecule has 1 fully saturated rings. The quantitative estimate of drug-likeness (QED) is 0.424. The first kappa shape index (κ1) is 22.5. The van der Waals surface area contributed by atoms with Crippen molar-refractivity contribution < 1.29 is 14.3 Å². The maximum atomic E-state index is 13.0. The van der Waals surface area contributed by atoms with Gasteiger partial charge in [-0.15, -0.1) is 0 Å². The van der Waals surface area contributed by atoms with Gasteiger partial charge in [-0.1, -0.05) is 42.5 Å². The van der Waals surface area contributed by atoms with Crippen molar-refractivity contribution in [1.29, 1.82) is 0 Å². The van der Waals surface area contributed by atoms with Gasteiger partial charge in [0.05, 0.1) is 30.1 Å². The van der Waals surface area contributed by atoms with E-state index in [1.165, 1.54) is 9.13 Å². The third-order valence-corrected chi connectivity index (χ3v) is 6.08. The second-order valence-corrected chi connectivity index (χ2v) is 8.16. The summed E-state index contributed by atoms with van der Waals surface area (Å²) in [5.41, 5.74) is 0.653. The van der Waals surface area contributed by atoms with Crippen LogP contribution in [-0.4, -0.2) is 45.6 Å². The number of hydrogen-bond acceptors (Lipinski definition) is 5. The van der Waals surface area contributed by atoms with Gasteiger partial charge in [-0.25, -0.2) is 0 Å². The molecule has 0 unspecified atom stereocenters. The SMILES string of the molecule is CCOC(=O)C1CCN(C(=O)Cn2c(=O)c(=O)n(Cc3ccccc3)c3ccccc32)CC1. The molecule has 172 valence electrons. The fourth-order valence-electron chi connectivity index (χ4n) is 4.31. The molecule has 8 heteroatoms. The average Bonchev–Trinajstić information content (AvgIpc) is 2.85. The second kappa shape index (κ2) is 9.85. The van der Waals surface area contributed by atoms with Gasteiger partial charge in [0, 0.05) is 13.1 Å². The molecule has 1 aromatic heterocycles. The first-order valence-corrected chi connectivity index (χ1v) is 11.2. The van der Waals surface area contributed by atoms with Crippen molar-refractivity contribution in [3.8, 4) is 0 Å². The Labute approximate surface area is 191 Å². The number of esters is 1. The van der Waals surface area contributed by atoms with E-state index in [9.17, 15) is 19.2 Å². The molecular formula is C25H27N3O5. The fraction of sp³-hybridized carbons (Fsp3) is 0.360. The predicted molar refractivity (Wildman–Crippen MR) is 124 cm³/mol. The number of carbonyl (C=O) groups excluding carboxylic acids is 2. The van der Waals surface area contributed by atoms with Crippen LogP contribution < -0.4 is 11.1 Å². The zero-order valence-corrected chi connectivity index (χ0v) is 18.6. The van der Waals surface area contributed by atoms with Gasteiger partial charge in [-0.2, -0.15) is 0 Å². The topological polar surface area (TPSA) is 90.6 Å². The number of likely N-dealkylation sites (tertiary alicyclic amines) is 1. The van der Waals surface area contributed by atoms with E-state index in [0.717, 1.165) is 5.56 Å². The van der Waals surface area contributed by atoms with E-state index in [1.54, 1.807) is 36.1 Å². The molecule has 0 bridgehead atoms. The third-order valence-electron chi connectivity index (χ3n) is 6.08. The van der Waals surface area contributed by atoms with Gasteiger partial charge in [0.25, 0.3) is 0 Å². The maximum absolute atomic E-state index is 13.0. The predicted octanol–water partition coefficient (Wildman–Crippen LogP) is 2.01. The molecule has 33 heavy (non-hydrogen) atoms. The number of hydrogen-bond donors (Lipinski definition) is 0. The standard InChI is InChI=1S/C25H27N3O5/c1-2-33-25(32)19-12-14-26(15-13-19)22(29)17-28-21-11-7-6-10-20(21)27(23(30)24(28)31)16-18-8-4-3-5-9-18/h3-11,19H,2,12-17H2,1H3. The second-order valence-electron chi connectivity index (χ2n) is 8.16. The zero-order valence-electron chi connectivity index (χ0n) is 18.6. The summed E-state index contributed by atoms with van der Waals surface area (Å²) >= 11 is 0. The normalized spacial score (nSPS) is 14.4. The molecule has 0 N–H and O–H groups in total. The van der Waals surface area contributed by atoms with Crippen LogP contribution >= 0.6 is 0 Å². The summed E-state index contributed by atoms with van der Waals surface area (Å²) < 4.78 is 7.80. The number of para-hydroxylation sites is 2. The van der Waals surface area contributed by atoms with Crippen molar-refractivity contribution in [2.75, 3.05) is 19.7 Å². The van der Waals surface area contributed by atoms with Crippen LogP contribution in [0.1, 0.15) is 25.3 Å². The lowest BCUT2D eigenvalue weighted by molar-refractivity contribution is -0.151. The Hall–Kier alpha value is -3.68. The van der Waals surface area contributed by atoms with Crippen molar-refractivity contribution in [3.05, 3.63) is 80.9 Å². The molecule has 0 atom stereocenters. The molecular weight excluding hydrogens is 422 g/mol. The van der Waals surface area contributed by atoms with Gasteiger partial charge in [0.2, 0.25) is 5.91 Å². The number of rotatable bonds is 6. The minimum Gasteiger partial charge on any atom is -0.466 e. The summed E-state index contributed by atoms with van der Waals surface area (Å²) in [4.78, 5) is 52.6. The van der Waals surface area contributed by atoms with Crippen molar-refractivity contribution in [1.82, 2.24) is 14.0 Å². The van der Waals surface area contributed by atoms with Crippen LogP contribution in [0.4, 0.5) is 0 Å². The van der Waals surface area contributed by atoms with E-state index in [-0.39, 0.29) is 30.9 Å². The Morgan fingerprint density at radius 3 is 2.09 bits per heavy atom. The lowest BCUT2D eigenvalue weighted by Crippen LogP contribution is -2.46.